The molecule has 0 spiro atoms. The third-order valence-corrected chi connectivity index (χ3v) is 1.17. The Morgan fingerprint density at radius 2 is 1.82 bits per heavy atom. The second kappa shape index (κ2) is 12.4. The third kappa shape index (κ3) is 12.8. The molecule has 0 bridgehead atoms. The van der Waals surface area contributed by atoms with Gasteiger partial charge in [0.05, 0.1) is 0 Å². The van der Waals surface area contributed by atoms with E-state index in [4.69, 9.17) is 6.42 Å². The monoisotopic (exact) mass is 142 g/mol. The molecule has 0 aromatic rings. The molecule has 11 heavy (non-hydrogen) atoms. The van der Waals surface area contributed by atoms with E-state index in [1.54, 1.807) is 0 Å². The summed E-state index contributed by atoms with van der Waals surface area (Å²) in [6, 6.07) is 0. The normalized spacial score (nSPS) is 6.91. The zero-order valence-electron chi connectivity index (χ0n) is 8.61. The van der Waals surface area contributed by atoms with Crippen molar-refractivity contribution in [2.45, 2.75) is 39.0 Å². The second-order valence-electron chi connectivity index (χ2n) is 2.16. The maximum absolute atomic E-state index is 5.05. The van der Waals surface area contributed by atoms with Crippen molar-refractivity contribution in [3.8, 4) is 24.2 Å². The molecule has 0 fully saturated rings. The van der Waals surface area contributed by atoms with Crippen LogP contribution >= 0.6 is 0 Å². The molecule has 0 saturated carbocycles. The van der Waals surface area contributed by atoms with Crippen LogP contribution in [0.2, 0.25) is 0 Å². The largest absolute Gasteiger partial charge is 1.00 e. The number of rotatable bonds is 3. The molecule has 0 saturated heterocycles. The summed E-state index contributed by atoms with van der Waals surface area (Å²) in [5.41, 5.74) is 0. The fourth-order valence-electron chi connectivity index (χ4n) is 0.577. The van der Waals surface area contributed by atoms with Crippen LogP contribution in [0.4, 0.5) is 0 Å². The summed E-state index contributed by atoms with van der Waals surface area (Å²) in [4.78, 5) is 0. The van der Waals surface area contributed by atoms with E-state index in [1.807, 2.05) is 0 Å². The zero-order valence-corrected chi connectivity index (χ0v) is 7.61. The molecular weight excluding hydrogens is 127 g/mol. The summed E-state index contributed by atoms with van der Waals surface area (Å²) in [5.74, 6) is 8.66. The van der Waals surface area contributed by atoms with Crippen LogP contribution < -0.4 is 18.9 Å². The minimum absolute atomic E-state index is 0. The van der Waals surface area contributed by atoms with Crippen molar-refractivity contribution in [2.24, 2.45) is 0 Å². The molecule has 0 aliphatic heterocycles. The van der Waals surface area contributed by atoms with E-state index < -0.39 is 0 Å². The molecule has 0 aromatic heterocycles. The van der Waals surface area contributed by atoms with Crippen LogP contribution in [0, 0.1) is 24.2 Å². The van der Waals surface area contributed by atoms with Crippen LogP contribution in [0.15, 0.2) is 0 Å². The maximum atomic E-state index is 5.05. The SMILES string of the molecule is C#CCCC#CCCCC.[H-].[Li+]. The van der Waals surface area contributed by atoms with Crippen LogP contribution in [0.5, 0.6) is 0 Å². The van der Waals surface area contributed by atoms with Gasteiger partial charge in [0, 0.05) is 19.3 Å². The molecule has 0 N–H and O–H groups in total. The van der Waals surface area contributed by atoms with Gasteiger partial charge in [-0.25, -0.2) is 0 Å². The van der Waals surface area contributed by atoms with Crippen LogP contribution in [0.1, 0.15) is 40.5 Å². The van der Waals surface area contributed by atoms with Gasteiger partial charge in [0.2, 0.25) is 0 Å². The first-order valence-corrected chi connectivity index (χ1v) is 3.81. The van der Waals surface area contributed by atoms with E-state index in [-0.39, 0.29) is 20.3 Å². The van der Waals surface area contributed by atoms with Gasteiger partial charge in [0.1, 0.15) is 0 Å². The summed E-state index contributed by atoms with van der Waals surface area (Å²) in [6.45, 7) is 2.17. The fraction of sp³-hybridized carbons (Fsp3) is 0.600. The average Bonchev–Trinajstić information content (AvgIpc) is 1.97. The summed E-state index contributed by atoms with van der Waals surface area (Å²) in [5, 5.41) is 0. The van der Waals surface area contributed by atoms with Crippen molar-refractivity contribution in [2.75, 3.05) is 0 Å². The Bertz CT molecular complexity index is 159. The molecule has 0 nitrogen and oxygen atoms in total. The van der Waals surface area contributed by atoms with E-state index in [1.165, 1.54) is 12.8 Å². The first-order chi connectivity index (χ1) is 4.91. The Balaban J connectivity index is -0.000000405. The Labute approximate surface area is 83.8 Å². The molecule has 0 heterocycles. The Morgan fingerprint density at radius 1 is 1.18 bits per heavy atom. The molecule has 1 heteroatoms. The first kappa shape index (κ1) is 13.3. The maximum Gasteiger partial charge on any atom is 1.00 e. The molecule has 0 aliphatic carbocycles. The van der Waals surface area contributed by atoms with Crippen LogP contribution in [-0.2, 0) is 0 Å². The zero-order chi connectivity index (χ0) is 7.66. The summed E-state index contributed by atoms with van der Waals surface area (Å²) < 4.78 is 0. The number of hydrogen-bond acceptors (Lipinski definition) is 0. The fourth-order valence-corrected chi connectivity index (χ4v) is 0.577. The standard InChI is InChI=1S/C10H14.Li.H/c1-3-5-7-9-10-8-6-4-2;;/h1H,4-8H2,2H3;;/q;+1;-1. The van der Waals surface area contributed by atoms with Gasteiger partial charge >= 0.3 is 18.9 Å². The van der Waals surface area contributed by atoms with Gasteiger partial charge in [-0.3, -0.25) is 0 Å². The summed E-state index contributed by atoms with van der Waals surface area (Å²) in [6.07, 6.45) is 10.2. The molecule has 0 amide bonds. The van der Waals surface area contributed by atoms with Crippen molar-refractivity contribution in [3.63, 3.8) is 0 Å². The number of terminal acetylenes is 1. The molecule has 0 atom stereocenters. The first-order valence-electron chi connectivity index (χ1n) is 3.81. The van der Waals surface area contributed by atoms with Gasteiger partial charge in [-0.05, 0) is 6.42 Å². The molecule has 56 valence electrons. The topological polar surface area (TPSA) is 0 Å². The molecule has 0 rings (SSSR count). The summed E-state index contributed by atoms with van der Waals surface area (Å²) in [7, 11) is 0. The molecule has 0 unspecified atom stereocenters. The Morgan fingerprint density at radius 3 is 2.36 bits per heavy atom. The van der Waals surface area contributed by atoms with Crippen molar-refractivity contribution < 1.29 is 20.3 Å². The predicted octanol–water partition coefficient (Wildman–Crippen LogP) is -0.290. The van der Waals surface area contributed by atoms with Crippen molar-refractivity contribution in [1.82, 2.24) is 0 Å². The van der Waals surface area contributed by atoms with E-state index in [9.17, 15) is 0 Å². The number of unbranched alkanes of at least 4 members (excludes halogenated alkanes) is 3. The van der Waals surface area contributed by atoms with Gasteiger partial charge in [-0.2, -0.15) is 0 Å². The Hall–Kier alpha value is -0.283. The van der Waals surface area contributed by atoms with Gasteiger partial charge in [0.25, 0.3) is 0 Å². The van der Waals surface area contributed by atoms with E-state index in [0.29, 0.717) is 0 Å². The quantitative estimate of drug-likeness (QED) is 0.288. The van der Waals surface area contributed by atoms with Crippen molar-refractivity contribution in [1.29, 1.82) is 0 Å². The summed E-state index contributed by atoms with van der Waals surface area (Å²) >= 11 is 0. The molecule has 0 aromatic carbocycles. The van der Waals surface area contributed by atoms with Crippen LogP contribution in [-0.4, -0.2) is 0 Å². The van der Waals surface area contributed by atoms with Gasteiger partial charge < -0.3 is 1.43 Å². The minimum Gasteiger partial charge on any atom is -1.00 e. The van der Waals surface area contributed by atoms with Gasteiger partial charge in [-0.15, -0.1) is 24.2 Å². The van der Waals surface area contributed by atoms with E-state index >= 15 is 0 Å². The van der Waals surface area contributed by atoms with Gasteiger partial charge in [-0.1, -0.05) is 13.3 Å². The van der Waals surface area contributed by atoms with Crippen LogP contribution in [0.3, 0.4) is 0 Å². The van der Waals surface area contributed by atoms with Gasteiger partial charge in [0.15, 0.2) is 0 Å². The van der Waals surface area contributed by atoms with Crippen molar-refractivity contribution in [3.05, 3.63) is 0 Å². The predicted molar refractivity (Wildman–Crippen MR) is 46.5 cm³/mol. The molecular formula is C10H15Li. The van der Waals surface area contributed by atoms with Crippen molar-refractivity contribution >= 4 is 0 Å². The smallest absolute Gasteiger partial charge is 1.00 e. The molecule has 0 aliphatic rings. The average molecular weight is 142 g/mol. The second-order valence-corrected chi connectivity index (χ2v) is 2.16. The molecule has 0 radical (unpaired) electrons. The minimum atomic E-state index is 0. The third-order valence-electron chi connectivity index (χ3n) is 1.17. The Kier molecular flexibility index (Phi) is 15.0. The number of hydrogen-bond donors (Lipinski definition) is 0. The van der Waals surface area contributed by atoms with E-state index in [0.717, 1.165) is 19.3 Å². The van der Waals surface area contributed by atoms with E-state index in [2.05, 4.69) is 24.7 Å². The van der Waals surface area contributed by atoms with Crippen LogP contribution in [0.25, 0.3) is 0 Å².